The van der Waals surface area contributed by atoms with Crippen LogP contribution in [0.4, 0.5) is 0 Å². The van der Waals surface area contributed by atoms with Gasteiger partial charge in [0.25, 0.3) is 0 Å². The molecule has 0 atom stereocenters. The van der Waals surface area contributed by atoms with Crippen LogP contribution in [-0.4, -0.2) is 11.1 Å². The second-order valence-corrected chi connectivity index (χ2v) is 5.41. The van der Waals surface area contributed by atoms with Gasteiger partial charge in [-0.1, -0.05) is 59.5 Å². The summed E-state index contributed by atoms with van der Waals surface area (Å²) in [5.74, 6) is -0.862. The predicted molar refractivity (Wildman–Crippen MR) is 68.5 cm³/mol. The highest BCUT2D eigenvalue weighted by atomic mass is 16.4. The standard InChI is InChI=1S/C14H26O2/c1-5-6-7-8-9-10-14(3,4)11-12(2)13(15)16/h2,5-11H2,1,3-4H3,(H,15,16). The quantitative estimate of drug-likeness (QED) is 0.467. The van der Waals surface area contributed by atoms with Crippen LogP contribution in [0.15, 0.2) is 12.2 Å². The minimum Gasteiger partial charge on any atom is -0.478 e. The molecule has 0 aliphatic rings. The third-order valence-corrected chi connectivity index (χ3v) is 2.95. The summed E-state index contributed by atoms with van der Waals surface area (Å²) in [6, 6.07) is 0. The molecule has 0 spiro atoms. The highest BCUT2D eigenvalue weighted by Crippen LogP contribution is 2.30. The summed E-state index contributed by atoms with van der Waals surface area (Å²) in [6.45, 7) is 10.1. The van der Waals surface area contributed by atoms with E-state index in [9.17, 15) is 4.79 Å². The first kappa shape index (κ1) is 15.2. The van der Waals surface area contributed by atoms with Crippen molar-refractivity contribution in [1.82, 2.24) is 0 Å². The molecule has 0 unspecified atom stereocenters. The number of unbranched alkanes of at least 4 members (excludes halogenated alkanes) is 4. The maximum absolute atomic E-state index is 10.7. The first-order chi connectivity index (χ1) is 7.39. The fraction of sp³-hybridized carbons (Fsp3) is 0.786. The molecule has 0 aliphatic heterocycles. The molecule has 2 heteroatoms. The van der Waals surface area contributed by atoms with Crippen molar-refractivity contribution in [1.29, 1.82) is 0 Å². The van der Waals surface area contributed by atoms with E-state index in [1.807, 2.05) is 0 Å². The van der Waals surface area contributed by atoms with E-state index in [-0.39, 0.29) is 5.41 Å². The number of hydrogen-bond donors (Lipinski definition) is 1. The molecule has 0 aliphatic carbocycles. The van der Waals surface area contributed by atoms with E-state index >= 15 is 0 Å². The van der Waals surface area contributed by atoms with Crippen molar-refractivity contribution in [2.45, 2.75) is 65.7 Å². The van der Waals surface area contributed by atoms with E-state index in [2.05, 4.69) is 27.4 Å². The van der Waals surface area contributed by atoms with Crippen LogP contribution in [0.3, 0.4) is 0 Å². The lowest BCUT2D eigenvalue weighted by Crippen LogP contribution is -2.15. The van der Waals surface area contributed by atoms with Gasteiger partial charge in [-0.25, -0.2) is 4.79 Å². The van der Waals surface area contributed by atoms with Gasteiger partial charge in [0.1, 0.15) is 0 Å². The van der Waals surface area contributed by atoms with E-state index in [4.69, 9.17) is 5.11 Å². The Bertz CT molecular complexity index is 229. The fourth-order valence-corrected chi connectivity index (χ4v) is 1.95. The van der Waals surface area contributed by atoms with Crippen LogP contribution in [0.1, 0.15) is 65.7 Å². The molecule has 0 bridgehead atoms. The van der Waals surface area contributed by atoms with Crippen molar-refractivity contribution in [3.8, 4) is 0 Å². The normalized spacial score (nSPS) is 11.4. The third kappa shape index (κ3) is 7.49. The smallest absolute Gasteiger partial charge is 0.330 e. The zero-order valence-corrected chi connectivity index (χ0v) is 11.0. The monoisotopic (exact) mass is 226 g/mol. The van der Waals surface area contributed by atoms with Gasteiger partial charge < -0.3 is 5.11 Å². The highest BCUT2D eigenvalue weighted by Gasteiger charge is 2.21. The van der Waals surface area contributed by atoms with Gasteiger partial charge in [-0.15, -0.1) is 0 Å². The Balaban J connectivity index is 3.78. The van der Waals surface area contributed by atoms with Gasteiger partial charge in [-0.05, 0) is 18.3 Å². The average Bonchev–Trinajstić information content (AvgIpc) is 2.16. The second-order valence-electron chi connectivity index (χ2n) is 5.41. The third-order valence-electron chi connectivity index (χ3n) is 2.95. The summed E-state index contributed by atoms with van der Waals surface area (Å²) < 4.78 is 0. The van der Waals surface area contributed by atoms with Gasteiger partial charge in [0.15, 0.2) is 0 Å². The number of carbonyl (C=O) groups is 1. The topological polar surface area (TPSA) is 37.3 Å². The summed E-state index contributed by atoms with van der Waals surface area (Å²) >= 11 is 0. The molecule has 0 heterocycles. The first-order valence-corrected chi connectivity index (χ1v) is 6.30. The molecule has 0 radical (unpaired) electrons. The van der Waals surface area contributed by atoms with Crippen LogP contribution < -0.4 is 0 Å². The van der Waals surface area contributed by atoms with Crippen LogP contribution in [-0.2, 0) is 4.79 Å². The second kappa shape index (κ2) is 7.48. The molecule has 0 aromatic heterocycles. The van der Waals surface area contributed by atoms with Crippen molar-refractivity contribution in [3.63, 3.8) is 0 Å². The van der Waals surface area contributed by atoms with Gasteiger partial charge in [0.2, 0.25) is 0 Å². The van der Waals surface area contributed by atoms with Crippen LogP contribution in [0.5, 0.6) is 0 Å². The molecule has 0 amide bonds. The van der Waals surface area contributed by atoms with Crippen LogP contribution in [0.2, 0.25) is 0 Å². The molecule has 0 rings (SSSR count). The van der Waals surface area contributed by atoms with E-state index in [0.29, 0.717) is 12.0 Å². The molecular formula is C14H26O2. The van der Waals surface area contributed by atoms with Crippen molar-refractivity contribution < 1.29 is 9.90 Å². The van der Waals surface area contributed by atoms with Gasteiger partial charge >= 0.3 is 5.97 Å². The molecule has 94 valence electrons. The van der Waals surface area contributed by atoms with Crippen molar-refractivity contribution in [3.05, 3.63) is 12.2 Å². The molecule has 0 aromatic rings. The molecule has 1 N–H and O–H groups in total. The van der Waals surface area contributed by atoms with Crippen molar-refractivity contribution >= 4 is 5.97 Å². The number of rotatable bonds is 9. The minimum atomic E-state index is -0.862. The lowest BCUT2D eigenvalue weighted by molar-refractivity contribution is -0.133. The Morgan fingerprint density at radius 1 is 1.19 bits per heavy atom. The number of carboxylic acids is 1. The largest absolute Gasteiger partial charge is 0.478 e. The summed E-state index contributed by atoms with van der Waals surface area (Å²) in [5.41, 5.74) is 0.403. The molecule has 0 saturated heterocycles. The fourth-order valence-electron chi connectivity index (χ4n) is 1.95. The number of carboxylic acid groups (broad SMARTS) is 1. The summed E-state index contributed by atoms with van der Waals surface area (Å²) in [6.07, 6.45) is 8.00. The van der Waals surface area contributed by atoms with E-state index in [1.54, 1.807) is 0 Å². The van der Waals surface area contributed by atoms with Crippen LogP contribution in [0.25, 0.3) is 0 Å². The Labute approximate surface area is 99.7 Å². The number of hydrogen-bond acceptors (Lipinski definition) is 1. The van der Waals surface area contributed by atoms with Gasteiger partial charge in [-0.2, -0.15) is 0 Å². The maximum Gasteiger partial charge on any atom is 0.330 e. The molecule has 0 fully saturated rings. The summed E-state index contributed by atoms with van der Waals surface area (Å²) in [5, 5.41) is 8.79. The van der Waals surface area contributed by atoms with E-state index in [0.717, 1.165) is 6.42 Å². The average molecular weight is 226 g/mol. The Kier molecular flexibility index (Phi) is 7.11. The van der Waals surface area contributed by atoms with Gasteiger partial charge in [0.05, 0.1) is 0 Å². The molecule has 2 nitrogen and oxygen atoms in total. The minimum absolute atomic E-state index is 0.0711. The lowest BCUT2D eigenvalue weighted by atomic mass is 9.81. The van der Waals surface area contributed by atoms with Crippen molar-refractivity contribution in [2.24, 2.45) is 5.41 Å². The molecule has 0 aromatic carbocycles. The first-order valence-electron chi connectivity index (χ1n) is 6.30. The van der Waals surface area contributed by atoms with Gasteiger partial charge in [-0.3, -0.25) is 0 Å². The number of aliphatic carboxylic acids is 1. The van der Waals surface area contributed by atoms with Gasteiger partial charge in [0, 0.05) is 5.57 Å². The van der Waals surface area contributed by atoms with Crippen LogP contribution >= 0.6 is 0 Å². The van der Waals surface area contributed by atoms with E-state index in [1.165, 1.54) is 32.1 Å². The molecule has 16 heavy (non-hydrogen) atoms. The molecular weight excluding hydrogens is 200 g/mol. The summed E-state index contributed by atoms with van der Waals surface area (Å²) in [4.78, 5) is 10.7. The Morgan fingerprint density at radius 3 is 2.25 bits per heavy atom. The predicted octanol–water partition coefficient (Wildman–Crippen LogP) is 4.40. The summed E-state index contributed by atoms with van der Waals surface area (Å²) in [7, 11) is 0. The molecule has 0 saturated carbocycles. The zero-order chi connectivity index (χ0) is 12.6. The van der Waals surface area contributed by atoms with Crippen molar-refractivity contribution in [2.75, 3.05) is 0 Å². The van der Waals surface area contributed by atoms with Crippen LogP contribution in [0, 0.1) is 5.41 Å². The SMILES string of the molecule is C=C(CC(C)(C)CCCCCCC)C(=O)O. The Hall–Kier alpha value is -0.790. The highest BCUT2D eigenvalue weighted by molar-refractivity contribution is 5.85. The lowest BCUT2D eigenvalue weighted by Gasteiger charge is -2.24. The zero-order valence-electron chi connectivity index (χ0n) is 11.0. The Morgan fingerprint density at radius 2 is 1.75 bits per heavy atom. The van der Waals surface area contributed by atoms with E-state index < -0.39 is 5.97 Å². The maximum atomic E-state index is 10.7.